The van der Waals surface area contributed by atoms with Gasteiger partial charge in [-0.15, -0.1) is 11.3 Å². The van der Waals surface area contributed by atoms with Crippen LogP contribution >= 0.6 is 22.9 Å². The summed E-state index contributed by atoms with van der Waals surface area (Å²) >= 11 is 7.63. The van der Waals surface area contributed by atoms with Crippen LogP contribution in [0.3, 0.4) is 0 Å². The minimum atomic E-state index is -0.825. The van der Waals surface area contributed by atoms with Crippen molar-refractivity contribution in [2.45, 2.75) is 40.3 Å². The first-order chi connectivity index (χ1) is 15.3. The highest BCUT2D eigenvalue weighted by atomic mass is 35.5. The predicted molar refractivity (Wildman–Crippen MR) is 129 cm³/mol. The monoisotopic (exact) mass is 466 g/mol. The van der Waals surface area contributed by atoms with Crippen LogP contribution in [-0.4, -0.2) is 15.5 Å². The molecule has 2 aromatic heterocycles. The van der Waals surface area contributed by atoms with E-state index in [1.165, 1.54) is 22.2 Å². The van der Waals surface area contributed by atoms with Gasteiger partial charge in [-0.25, -0.2) is 9.78 Å². The zero-order valence-electron chi connectivity index (χ0n) is 18.3. The van der Waals surface area contributed by atoms with Crippen LogP contribution in [0.1, 0.15) is 34.5 Å². The number of fused-ring (bicyclic) bond motifs is 1. The third kappa shape index (κ3) is 4.08. The van der Waals surface area contributed by atoms with E-state index in [1.54, 1.807) is 19.1 Å². The summed E-state index contributed by atoms with van der Waals surface area (Å²) in [6.45, 7) is 7.73. The van der Waals surface area contributed by atoms with Gasteiger partial charge in [-0.05, 0) is 44.9 Å². The molecule has 1 atom stereocenters. The van der Waals surface area contributed by atoms with Gasteiger partial charge in [-0.1, -0.05) is 53.6 Å². The molecule has 4 rings (SSSR count). The number of hydrogen-bond acceptors (Lipinski definition) is 5. The van der Waals surface area contributed by atoms with Gasteiger partial charge >= 0.3 is 5.97 Å². The Hall–Kier alpha value is -2.96. The van der Waals surface area contributed by atoms with E-state index in [0.29, 0.717) is 20.8 Å². The van der Waals surface area contributed by atoms with Gasteiger partial charge in [0.15, 0.2) is 0 Å². The molecule has 0 saturated heterocycles. The van der Waals surface area contributed by atoms with Gasteiger partial charge in [0.25, 0.3) is 5.56 Å². The lowest BCUT2D eigenvalue weighted by atomic mass is 9.97. The number of carbonyl (C=O) groups excluding carboxylic acids is 1. The number of halogens is 1. The van der Waals surface area contributed by atoms with E-state index in [1.807, 2.05) is 32.9 Å². The Morgan fingerprint density at radius 1 is 1.19 bits per heavy atom. The summed E-state index contributed by atoms with van der Waals surface area (Å²) in [5.41, 5.74) is 4.55. The Labute approximate surface area is 195 Å². The second-order valence-corrected chi connectivity index (χ2v) is 9.47. The van der Waals surface area contributed by atoms with Crippen LogP contribution in [0.4, 0.5) is 0 Å². The number of hydrogen-bond donors (Lipinski definition) is 0. The molecule has 0 radical (unpaired) electrons. The number of ether oxygens (including phenoxy) is 1. The topological polar surface area (TPSA) is 61.2 Å². The van der Waals surface area contributed by atoms with Crippen molar-refractivity contribution in [3.8, 4) is 11.1 Å². The Balaban J connectivity index is 1.72. The summed E-state index contributed by atoms with van der Waals surface area (Å²) in [5, 5.41) is 1.06. The molecule has 2 heterocycles. The normalized spacial score (nSPS) is 12.2. The molecule has 7 heteroatoms. The van der Waals surface area contributed by atoms with Crippen LogP contribution in [-0.2, 0) is 16.1 Å². The van der Waals surface area contributed by atoms with Gasteiger partial charge in [-0.2, -0.15) is 0 Å². The van der Waals surface area contributed by atoms with Gasteiger partial charge in [0.2, 0.25) is 0 Å². The molecule has 4 aromatic rings. The largest absolute Gasteiger partial charge is 0.459 e. The van der Waals surface area contributed by atoms with Gasteiger partial charge < -0.3 is 4.74 Å². The van der Waals surface area contributed by atoms with E-state index in [0.717, 1.165) is 27.1 Å². The molecule has 0 bridgehead atoms. The Bertz CT molecular complexity index is 1390. The van der Waals surface area contributed by atoms with Crippen molar-refractivity contribution in [2.24, 2.45) is 0 Å². The zero-order chi connectivity index (χ0) is 23.0. The van der Waals surface area contributed by atoms with Crippen LogP contribution in [0.25, 0.3) is 21.3 Å². The standard InChI is InChI=1S/C25H23ClN2O3S/c1-14-9-10-15(2)19(11-14)21-17(4)32-23-22(21)24(29)28(13-27-23)16(3)25(30)31-12-18-7-5-6-8-20(18)26/h5-11,13,16H,12H2,1-4H3. The van der Waals surface area contributed by atoms with Crippen molar-refractivity contribution < 1.29 is 9.53 Å². The number of rotatable bonds is 5. The number of aryl methyl sites for hydroxylation is 3. The molecule has 164 valence electrons. The maximum absolute atomic E-state index is 13.5. The highest BCUT2D eigenvalue weighted by Gasteiger charge is 2.23. The molecule has 5 nitrogen and oxygen atoms in total. The Kier molecular flexibility index (Phi) is 6.17. The van der Waals surface area contributed by atoms with Crippen molar-refractivity contribution in [2.75, 3.05) is 0 Å². The smallest absolute Gasteiger partial charge is 0.329 e. The maximum Gasteiger partial charge on any atom is 0.329 e. The van der Waals surface area contributed by atoms with Crippen LogP contribution in [0.2, 0.25) is 5.02 Å². The van der Waals surface area contributed by atoms with Gasteiger partial charge in [0, 0.05) is 21.0 Å². The molecule has 0 saturated carbocycles. The average Bonchev–Trinajstić information content (AvgIpc) is 3.11. The van der Waals surface area contributed by atoms with E-state index >= 15 is 0 Å². The lowest BCUT2D eigenvalue weighted by molar-refractivity contribution is -0.148. The fourth-order valence-electron chi connectivity index (χ4n) is 3.72. The molecule has 1 unspecified atom stereocenters. The van der Waals surface area contributed by atoms with Crippen molar-refractivity contribution in [3.63, 3.8) is 0 Å². The second kappa shape index (κ2) is 8.88. The second-order valence-electron chi connectivity index (χ2n) is 7.86. The lowest BCUT2D eigenvalue weighted by Crippen LogP contribution is -2.29. The molecule has 0 aliphatic rings. The summed E-state index contributed by atoms with van der Waals surface area (Å²) in [6, 6.07) is 12.5. The van der Waals surface area contributed by atoms with E-state index in [-0.39, 0.29) is 12.2 Å². The van der Waals surface area contributed by atoms with Crippen molar-refractivity contribution in [1.29, 1.82) is 0 Å². The summed E-state index contributed by atoms with van der Waals surface area (Å²) in [6.07, 6.45) is 1.43. The van der Waals surface area contributed by atoms with E-state index < -0.39 is 12.0 Å². The quantitative estimate of drug-likeness (QED) is 0.338. The summed E-state index contributed by atoms with van der Waals surface area (Å²) in [4.78, 5) is 32.4. The van der Waals surface area contributed by atoms with Gasteiger partial charge in [0.05, 0.1) is 11.7 Å². The summed E-state index contributed by atoms with van der Waals surface area (Å²) < 4.78 is 6.78. The first-order valence-corrected chi connectivity index (χ1v) is 11.4. The first-order valence-electron chi connectivity index (χ1n) is 10.3. The fraction of sp³-hybridized carbons (Fsp3) is 0.240. The van der Waals surface area contributed by atoms with Crippen LogP contribution in [0.5, 0.6) is 0 Å². The molecule has 0 aliphatic carbocycles. The average molecular weight is 467 g/mol. The van der Waals surface area contributed by atoms with E-state index in [9.17, 15) is 9.59 Å². The number of nitrogens with zero attached hydrogens (tertiary/aromatic N) is 2. The van der Waals surface area contributed by atoms with Crippen molar-refractivity contribution >= 4 is 39.1 Å². The van der Waals surface area contributed by atoms with E-state index in [2.05, 4.69) is 23.2 Å². The lowest BCUT2D eigenvalue weighted by Gasteiger charge is -2.15. The molecule has 0 fully saturated rings. The van der Waals surface area contributed by atoms with Gasteiger partial charge in [-0.3, -0.25) is 9.36 Å². The highest BCUT2D eigenvalue weighted by molar-refractivity contribution is 7.19. The summed E-state index contributed by atoms with van der Waals surface area (Å²) in [5.74, 6) is -0.520. The summed E-state index contributed by atoms with van der Waals surface area (Å²) in [7, 11) is 0. The molecule has 0 spiro atoms. The Morgan fingerprint density at radius 3 is 2.69 bits per heavy atom. The number of esters is 1. The van der Waals surface area contributed by atoms with Crippen LogP contribution in [0, 0.1) is 20.8 Å². The molecule has 0 aliphatic heterocycles. The number of thiophene rings is 1. The molecular weight excluding hydrogens is 444 g/mol. The SMILES string of the molecule is Cc1ccc(C)c(-c2c(C)sc3ncn(C(C)C(=O)OCc4ccccc4Cl)c(=O)c23)c1. The number of carbonyl (C=O) groups is 1. The third-order valence-corrected chi connectivity index (χ3v) is 6.94. The number of benzene rings is 2. The molecule has 0 N–H and O–H groups in total. The van der Waals surface area contributed by atoms with Crippen LogP contribution in [0.15, 0.2) is 53.6 Å². The Morgan fingerprint density at radius 2 is 1.94 bits per heavy atom. The van der Waals surface area contributed by atoms with Crippen LogP contribution < -0.4 is 5.56 Å². The van der Waals surface area contributed by atoms with Crippen molar-refractivity contribution in [3.05, 3.63) is 85.7 Å². The maximum atomic E-state index is 13.5. The highest BCUT2D eigenvalue weighted by Crippen LogP contribution is 2.37. The fourth-order valence-corrected chi connectivity index (χ4v) is 4.91. The molecule has 0 amide bonds. The van der Waals surface area contributed by atoms with Crippen molar-refractivity contribution in [1.82, 2.24) is 9.55 Å². The molecule has 2 aromatic carbocycles. The zero-order valence-corrected chi connectivity index (χ0v) is 19.9. The number of aromatic nitrogens is 2. The minimum absolute atomic E-state index is 0.0402. The van der Waals surface area contributed by atoms with E-state index in [4.69, 9.17) is 16.3 Å². The molecule has 32 heavy (non-hydrogen) atoms. The predicted octanol–water partition coefficient (Wildman–Crippen LogP) is 6.01. The first kappa shape index (κ1) is 22.2. The minimum Gasteiger partial charge on any atom is -0.459 e. The van der Waals surface area contributed by atoms with Gasteiger partial charge in [0.1, 0.15) is 17.5 Å². The molecular formula is C25H23ClN2O3S. The third-order valence-electron chi connectivity index (χ3n) is 5.56.